The maximum Gasteiger partial charge on any atom is 0.329 e. The number of morpholine rings is 1. The van der Waals surface area contributed by atoms with Crippen molar-refractivity contribution in [2.45, 2.75) is 45.8 Å². The highest BCUT2D eigenvalue weighted by Gasteiger charge is 2.17. The quantitative estimate of drug-likeness (QED) is 0.162. The molecule has 0 aliphatic carbocycles. The fourth-order valence-electron chi connectivity index (χ4n) is 6.67. The van der Waals surface area contributed by atoms with Gasteiger partial charge in [-0.3, -0.25) is 19.0 Å². The SMILES string of the molecule is Cc1ccc(O)c(Cn2c(NCCCN3CCOCC3)nc3ccc(Cn4c(=O)n(CCCc5ccccc5)c5ccccc54)cc32)n1. The highest BCUT2D eigenvalue weighted by molar-refractivity contribution is 5.80. The van der Waals surface area contributed by atoms with E-state index in [2.05, 4.69) is 56.2 Å². The Morgan fingerprint density at radius 1 is 0.771 bits per heavy atom. The summed E-state index contributed by atoms with van der Waals surface area (Å²) in [5.74, 6) is 0.891. The number of benzene rings is 3. The number of hydrogen-bond acceptors (Lipinski definition) is 7. The minimum atomic E-state index is -0.00521. The van der Waals surface area contributed by atoms with Crippen LogP contribution in [-0.2, 0) is 30.8 Å². The Hall–Kier alpha value is -4.93. The summed E-state index contributed by atoms with van der Waals surface area (Å²) in [5.41, 5.74) is 7.34. The molecule has 1 aliphatic heterocycles. The molecular formula is C38H43N7O3. The van der Waals surface area contributed by atoms with E-state index in [0.29, 0.717) is 25.3 Å². The van der Waals surface area contributed by atoms with Gasteiger partial charge in [0, 0.05) is 31.9 Å². The van der Waals surface area contributed by atoms with Crippen LogP contribution >= 0.6 is 0 Å². The average Bonchev–Trinajstić information content (AvgIpc) is 3.58. The van der Waals surface area contributed by atoms with Gasteiger partial charge < -0.3 is 19.7 Å². The van der Waals surface area contributed by atoms with Gasteiger partial charge in [-0.15, -0.1) is 0 Å². The third kappa shape index (κ3) is 7.00. The molecule has 1 fully saturated rings. The van der Waals surface area contributed by atoms with Gasteiger partial charge in [0.2, 0.25) is 5.95 Å². The molecule has 1 aliphatic rings. The number of ether oxygens (including phenoxy) is 1. The first-order chi connectivity index (χ1) is 23.5. The molecule has 248 valence electrons. The minimum Gasteiger partial charge on any atom is -0.506 e. The van der Waals surface area contributed by atoms with Crippen LogP contribution < -0.4 is 11.0 Å². The lowest BCUT2D eigenvalue weighted by molar-refractivity contribution is 0.0378. The Labute approximate surface area is 280 Å². The summed E-state index contributed by atoms with van der Waals surface area (Å²) in [6.07, 6.45) is 2.77. The third-order valence-electron chi connectivity index (χ3n) is 9.20. The highest BCUT2D eigenvalue weighted by atomic mass is 16.5. The van der Waals surface area contributed by atoms with Crippen LogP contribution in [0.3, 0.4) is 0 Å². The first-order valence-corrected chi connectivity index (χ1v) is 16.9. The third-order valence-corrected chi connectivity index (χ3v) is 9.20. The molecule has 3 aromatic heterocycles. The Balaban J connectivity index is 1.16. The molecule has 0 unspecified atom stereocenters. The van der Waals surface area contributed by atoms with Crippen molar-refractivity contribution in [1.82, 2.24) is 28.6 Å². The zero-order chi connectivity index (χ0) is 32.9. The number of para-hydroxylation sites is 2. The first kappa shape index (κ1) is 31.7. The lowest BCUT2D eigenvalue weighted by Crippen LogP contribution is -2.37. The summed E-state index contributed by atoms with van der Waals surface area (Å²) < 4.78 is 11.4. The van der Waals surface area contributed by atoms with Crippen LogP contribution in [0.5, 0.6) is 5.75 Å². The Bertz CT molecular complexity index is 2060. The van der Waals surface area contributed by atoms with E-state index in [9.17, 15) is 9.90 Å². The van der Waals surface area contributed by atoms with Gasteiger partial charge >= 0.3 is 5.69 Å². The molecule has 48 heavy (non-hydrogen) atoms. The second-order valence-electron chi connectivity index (χ2n) is 12.6. The lowest BCUT2D eigenvalue weighted by Gasteiger charge is -2.26. The molecule has 0 saturated carbocycles. The minimum absolute atomic E-state index is 0.00521. The van der Waals surface area contributed by atoms with Crippen LogP contribution in [0, 0.1) is 6.92 Å². The predicted molar refractivity (Wildman–Crippen MR) is 190 cm³/mol. The van der Waals surface area contributed by atoms with Crippen LogP contribution in [0.2, 0.25) is 0 Å². The lowest BCUT2D eigenvalue weighted by atomic mass is 10.1. The molecule has 0 spiro atoms. The summed E-state index contributed by atoms with van der Waals surface area (Å²) in [5, 5.41) is 14.3. The first-order valence-electron chi connectivity index (χ1n) is 16.9. The van der Waals surface area contributed by atoms with Crippen LogP contribution in [-0.4, -0.2) is 73.1 Å². The standard InChI is InChI=1S/C38H43N7O3/c1-28-14-17-36(46)32(40-28)27-44-35-25-30(15-16-31(35)41-37(44)39-18-8-19-42-21-23-48-24-22-42)26-45-34-13-6-5-12-33(34)43(38(45)47)20-7-11-29-9-3-2-4-10-29/h2-6,9-10,12-17,25,46H,7-8,11,18-24,26-27H2,1H3,(H,39,41). The van der Waals surface area contributed by atoms with Gasteiger partial charge in [0.25, 0.3) is 0 Å². The van der Waals surface area contributed by atoms with E-state index in [4.69, 9.17) is 9.72 Å². The van der Waals surface area contributed by atoms with Crippen molar-refractivity contribution >= 4 is 28.0 Å². The van der Waals surface area contributed by atoms with Crippen LogP contribution in [0.4, 0.5) is 5.95 Å². The topological polar surface area (TPSA) is 102 Å². The molecule has 0 radical (unpaired) electrons. The Kier molecular flexibility index (Phi) is 9.53. The molecule has 0 amide bonds. The van der Waals surface area contributed by atoms with E-state index in [1.165, 1.54) is 5.56 Å². The zero-order valence-corrected chi connectivity index (χ0v) is 27.5. The van der Waals surface area contributed by atoms with Crippen molar-refractivity contribution in [2.24, 2.45) is 0 Å². The van der Waals surface area contributed by atoms with Gasteiger partial charge in [0.05, 0.1) is 48.4 Å². The number of pyridine rings is 1. The molecule has 6 aromatic rings. The normalized spacial score (nSPS) is 13.9. The summed E-state index contributed by atoms with van der Waals surface area (Å²) in [7, 11) is 0. The summed E-state index contributed by atoms with van der Waals surface area (Å²) >= 11 is 0. The van der Waals surface area contributed by atoms with Crippen molar-refractivity contribution in [1.29, 1.82) is 0 Å². The summed E-state index contributed by atoms with van der Waals surface area (Å²) in [6.45, 7) is 8.65. The monoisotopic (exact) mass is 645 g/mol. The predicted octanol–water partition coefficient (Wildman–Crippen LogP) is 5.43. The Morgan fingerprint density at radius 2 is 1.54 bits per heavy atom. The molecule has 0 atom stereocenters. The molecule has 10 heteroatoms. The summed E-state index contributed by atoms with van der Waals surface area (Å²) in [6, 6.07) is 28.1. The molecule has 4 heterocycles. The van der Waals surface area contributed by atoms with E-state index in [-0.39, 0.29) is 11.4 Å². The van der Waals surface area contributed by atoms with Gasteiger partial charge in [0.15, 0.2) is 0 Å². The van der Waals surface area contributed by atoms with Crippen molar-refractivity contribution in [3.05, 3.63) is 118 Å². The van der Waals surface area contributed by atoms with Gasteiger partial charge in [-0.2, -0.15) is 0 Å². The van der Waals surface area contributed by atoms with Crippen molar-refractivity contribution in [2.75, 3.05) is 44.7 Å². The number of anilines is 1. The molecular weight excluding hydrogens is 602 g/mol. The van der Waals surface area contributed by atoms with Crippen molar-refractivity contribution in [3.8, 4) is 5.75 Å². The van der Waals surface area contributed by atoms with Crippen LogP contribution in [0.1, 0.15) is 35.4 Å². The van der Waals surface area contributed by atoms with Gasteiger partial charge in [0.1, 0.15) is 11.4 Å². The molecule has 7 rings (SSSR count). The molecule has 2 N–H and O–H groups in total. The van der Waals surface area contributed by atoms with Crippen molar-refractivity contribution < 1.29 is 9.84 Å². The number of nitrogens with zero attached hydrogens (tertiary/aromatic N) is 6. The van der Waals surface area contributed by atoms with E-state index in [1.807, 2.05) is 58.5 Å². The number of rotatable bonds is 13. The van der Waals surface area contributed by atoms with Gasteiger partial charge in [-0.25, -0.2) is 9.78 Å². The average molecular weight is 646 g/mol. The fraction of sp³-hybridized carbons (Fsp3) is 0.342. The van der Waals surface area contributed by atoms with Crippen LogP contribution in [0.15, 0.2) is 89.7 Å². The number of hydrogen-bond donors (Lipinski definition) is 2. The van der Waals surface area contributed by atoms with Crippen LogP contribution in [0.25, 0.3) is 22.1 Å². The molecule has 0 bridgehead atoms. The second kappa shape index (κ2) is 14.5. The number of imidazole rings is 2. The zero-order valence-electron chi connectivity index (χ0n) is 27.5. The molecule has 10 nitrogen and oxygen atoms in total. The van der Waals surface area contributed by atoms with E-state index in [0.717, 1.165) is 97.9 Å². The molecule has 3 aromatic carbocycles. The number of fused-ring (bicyclic) bond motifs is 2. The van der Waals surface area contributed by atoms with Gasteiger partial charge in [-0.05, 0) is 80.3 Å². The van der Waals surface area contributed by atoms with E-state index >= 15 is 0 Å². The maximum absolute atomic E-state index is 13.9. The number of nitrogens with one attached hydrogen (secondary N) is 1. The molecule has 1 saturated heterocycles. The number of aryl methyl sites for hydroxylation is 3. The van der Waals surface area contributed by atoms with Crippen molar-refractivity contribution in [3.63, 3.8) is 0 Å². The summed E-state index contributed by atoms with van der Waals surface area (Å²) in [4.78, 5) is 25.9. The number of aromatic hydroxyl groups is 1. The highest BCUT2D eigenvalue weighted by Crippen LogP contribution is 2.26. The van der Waals surface area contributed by atoms with E-state index in [1.54, 1.807) is 6.07 Å². The second-order valence-corrected chi connectivity index (χ2v) is 12.6. The maximum atomic E-state index is 13.9. The smallest absolute Gasteiger partial charge is 0.329 e. The largest absolute Gasteiger partial charge is 0.506 e. The van der Waals surface area contributed by atoms with E-state index < -0.39 is 0 Å². The fourth-order valence-corrected chi connectivity index (χ4v) is 6.67. The Morgan fingerprint density at radius 3 is 2.35 bits per heavy atom. The van der Waals surface area contributed by atoms with Gasteiger partial charge in [-0.1, -0.05) is 48.5 Å². The number of aromatic nitrogens is 5.